The normalized spacial score (nSPS) is 12.0. The predicted octanol–water partition coefficient (Wildman–Crippen LogP) is 15.6. The third kappa shape index (κ3) is 5.41. The maximum absolute atomic E-state index is 11.1. The van der Waals surface area contributed by atoms with E-state index in [0.717, 1.165) is 111 Å². The molecule has 0 bridgehead atoms. The zero-order chi connectivity index (χ0) is 45.2. The Labute approximate surface area is 391 Å². The van der Waals surface area contributed by atoms with Gasteiger partial charge in [-0.05, 0) is 104 Å². The van der Waals surface area contributed by atoms with Gasteiger partial charge in [0.15, 0.2) is 0 Å². The second kappa shape index (κ2) is 14.4. The van der Waals surface area contributed by atoms with Crippen LogP contribution in [0.5, 0.6) is 0 Å². The summed E-state index contributed by atoms with van der Waals surface area (Å²) in [6.45, 7) is 4.13. The molecular formula is C62H40N6. The molecule has 0 saturated heterocycles. The second-order valence-corrected chi connectivity index (χ2v) is 18.0. The molecule has 14 aromatic rings. The number of nitriles is 1. The zero-order valence-corrected chi connectivity index (χ0v) is 37.3. The summed E-state index contributed by atoms with van der Waals surface area (Å²) in [5, 5.41) is 20.6. The number of fused-ring (bicyclic) bond motifs is 12. The Morgan fingerprint density at radius 3 is 0.985 bits per heavy atom. The van der Waals surface area contributed by atoms with Gasteiger partial charge < -0.3 is 18.3 Å². The molecular weight excluding hydrogens is 829 g/mol. The molecule has 0 atom stereocenters. The Morgan fingerprint density at radius 1 is 0.338 bits per heavy atom. The molecule has 5 aromatic heterocycles. The van der Waals surface area contributed by atoms with Crippen molar-refractivity contribution in [3.05, 3.63) is 223 Å². The lowest BCUT2D eigenvalue weighted by atomic mass is 9.97. The smallest absolute Gasteiger partial charge is 0.0993 e. The topological polar surface area (TPSA) is 56.4 Å². The van der Waals surface area contributed by atoms with Crippen LogP contribution in [0.2, 0.25) is 0 Å². The Balaban J connectivity index is 1.12. The number of para-hydroxylation sites is 6. The molecule has 9 aromatic carbocycles. The van der Waals surface area contributed by atoms with Crippen LogP contribution < -0.4 is 0 Å². The molecule has 0 aliphatic carbocycles. The quantitative estimate of drug-likeness (QED) is 0.173. The first-order valence-electron chi connectivity index (χ1n) is 23.1. The molecule has 68 heavy (non-hydrogen) atoms. The van der Waals surface area contributed by atoms with Gasteiger partial charge in [0, 0.05) is 71.4 Å². The molecule has 0 spiro atoms. The summed E-state index contributed by atoms with van der Waals surface area (Å²) < 4.78 is 9.55. The van der Waals surface area contributed by atoms with Crippen molar-refractivity contribution in [1.82, 2.24) is 23.3 Å². The van der Waals surface area contributed by atoms with Gasteiger partial charge in [-0.2, -0.15) is 5.26 Å². The van der Waals surface area contributed by atoms with E-state index in [2.05, 4.69) is 244 Å². The summed E-state index contributed by atoms with van der Waals surface area (Å²) >= 11 is 0. The highest BCUT2D eigenvalue weighted by Gasteiger charge is 2.25. The van der Waals surface area contributed by atoms with Gasteiger partial charge in [0.1, 0.15) is 0 Å². The van der Waals surface area contributed by atoms with Gasteiger partial charge in [-0.1, -0.05) is 121 Å². The highest BCUT2D eigenvalue weighted by Crippen LogP contribution is 2.45. The molecule has 14 rings (SSSR count). The summed E-state index contributed by atoms with van der Waals surface area (Å²) in [6.07, 6.45) is 0. The number of aromatic nitrogens is 5. The summed E-state index contributed by atoms with van der Waals surface area (Å²) in [4.78, 5) is 4.89. The molecule has 0 unspecified atom stereocenters. The first kappa shape index (κ1) is 38.1. The second-order valence-electron chi connectivity index (χ2n) is 18.0. The Morgan fingerprint density at radius 2 is 0.647 bits per heavy atom. The fourth-order valence-corrected chi connectivity index (χ4v) is 11.4. The van der Waals surface area contributed by atoms with E-state index >= 15 is 0 Å². The maximum Gasteiger partial charge on any atom is 0.0993 e. The van der Waals surface area contributed by atoms with Crippen LogP contribution in [0.3, 0.4) is 0 Å². The summed E-state index contributed by atoms with van der Waals surface area (Å²) in [5.41, 5.74) is 17.2. The van der Waals surface area contributed by atoms with E-state index in [4.69, 9.17) is 4.98 Å². The van der Waals surface area contributed by atoms with Crippen molar-refractivity contribution in [2.45, 2.75) is 13.8 Å². The fraction of sp³-hybridized carbons (Fsp3) is 0.0323. The van der Waals surface area contributed by atoms with Gasteiger partial charge in [-0.15, -0.1) is 0 Å². The number of pyridine rings is 1. The molecule has 6 heteroatoms. The summed E-state index contributed by atoms with van der Waals surface area (Å²) in [6, 6.07) is 76.8. The lowest BCUT2D eigenvalue weighted by molar-refractivity contribution is 1.10. The third-order valence-electron chi connectivity index (χ3n) is 14.1. The molecule has 0 aliphatic rings. The molecule has 0 saturated carbocycles. The first-order chi connectivity index (χ1) is 33.5. The SMILES string of the molecule is Cc1cc(-c2c(-n3c4ccccc4c4ccc(-n5c6ccccc6c6ccccc65)cc43)cc(C#N)cc2-n2c3ccccc3c3ccc(-n4c5ccccc5c5ccccc54)cc32)cc(C)n1. The van der Waals surface area contributed by atoms with E-state index < -0.39 is 0 Å². The van der Waals surface area contributed by atoms with Gasteiger partial charge in [0.2, 0.25) is 0 Å². The van der Waals surface area contributed by atoms with Crippen LogP contribution in [-0.4, -0.2) is 23.3 Å². The maximum atomic E-state index is 11.1. The summed E-state index contributed by atoms with van der Waals surface area (Å²) in [5.74, 6) is 0. The van der Waals surface area contributed by atoms with Crippen molar-refractivity contribution < 1.29 is 0 Å². The van der Waals surface area contributed by atoms with Crippen molar-refractivity contribution in [2.24, 2.45) is 0 Å². The van der Waals surface area contributed by atoms with Gasteiger partial charge in [0.25, 0.3) is 0 Å². The minimum absolute atomic E-state index is 0.565. The molecule has 318 valence electrons. The Kier molecular flexibility index (Phi) is 8.08. The van der Waals surface area contributed by atoms with Crippen molar-refractivity contribution in [2.75, 3.05) is 0 Å². The molecule has 5 heterocycles. The highest BCUT2D eigenvalue weighted by molar-refractivity contribution is 6.15. The van der Waals surface area contributed by atoms with Crippen LogP contribution >= 0.6 is 0 Å². The standard InChI is InChI=1S/C62H40N6/c1-38-31-41(32-39(2)64-38)62-60(67-56-25-13-7-19-48(56)50-29-27-42(35-58(50)67)65-52-21-9-3-15-44(52)45-16-4-10-22-53(45)65)33-40(37-63)34-61(62)68-57-26-14-8-20-49(57)51-30-28-43(36-59(51)68)66-54-23-11-5-17-46(54)47-18-6-12-24-55(47)66/h3-36H,1-2H3. The largest absolute Gasteiger partial charge is 0.309 e. The predicted molar refractivity (Wildman–Crippen MR) is 281 cm³/mol. The van der Waals surface area contributed by atoms with Crippen molar-refractivity contribution in [3.8, 4) is 39.9 Å². The van der Waals surface area contributed by atoms with Gasteiger partial charge in [-0.3, -0.25) is 4.98 Å². The molecule has 0 amide bonds. The van der Waals surface area contributed by atoms with E-state index in [9.17, 15) is 5.26 Å². The summed E-state index contributed by atoms with van der Waals surface area (Å²) in [7, 11) is 0. The van der Waals surface area contributed by atoms with E-state index in [1.807, 2.05) is 0 Å². The van der Waals surface area contributed by atoms with Crippen molar-refractivity contribution >= 4 is 87.2 Å². The lowest BCUT2D eigenvalue weighted by Crippen LogP contribution is -2.06. The van der Waals surface area contributed by atoms with Crippen molar-refractivity contribution in [3.63, 3.8) is 0 Å². The minimum atomic E-state index is 0.565. The molecule has 0 aliphatic heterocycles. The average molecular weight is 869 g/mol. The zero-order valence-electron chi connectivity index (χ0n) is 37.3. The third-order valence-corrected chi connectivity index (χ3v) is 14.1. The molecule has 0 radical (unpaired) electrons. The number of aryl methyl sites for hydroxylation is 2. The Bertz CT molecular complexity index is 4110. The number of benzene rings is 9. The molecule has 0 fully saturated rings. The monoisotopic (exact) mass is 868 g/mol. The molecule has 6 nitrogen and oxygen atoms in total. The lowest BCUT2D eigenvalue weighted by Gasteiger charge is -2.21. The van der Waals surface area contributed by atoms with Gasteiger partial charge in [0.05, 0.1) is 67.1 Å². The highest BCUT2D eigenvalue weighted by atomic mass is 15.0. The van der Waals surface area contributed by atoms with Crippen LogP contribution in [0.25, 0.3) is 121 Å². The van der Waals surface area contributed by atoms with Gasteiger partial charge in [-0.25, -0.2) is 0 Å². The average Bonchev–Trinajstić information content (AvgIpc) is 4.10. The van der Waals surface area contributed by atoms with Crippen LogP contribution in [-0.2, 0) is 0 Å². The van der Waals surface area contributed by atoms with E-state index in [1.54, 1.807) is 0 Å². The van der Waals surface area contributed by atoms with E-state index in [0.29, 0.717) is 5.56 Å². The fourth-order valence-electron chi connectivity index (χ4n) is 11.4. The van der Waals surface area contributed by atoms with Crippen LogP contribution in [0, 0.1) is 25.2 Å². The Hall–Kier alpha value is -9.18. The number of hydrogen-bond donors (Lipinski definition) is 0. The van der Waals surface area contributed by atoms with Crippen LogP contribution in [0.1, 0.15) is 17.0 Å². The number of hydrogen-bond acceptors (Lipinski definition) is 2. The number of nitrogens with zero attached hydrogens (tertiary/aromatic N) is 6. The van der Waals surface area contributed by atoms with E-state index in [1.165, 1.54) is 21.5 Å². The first-order valence-corrected chi connectivity index (χ1v) is 23.1. The minimum Gasteiger partial charge on any atom is -0.309 e. The van der Waals surface area contributed by atoms with E-state index in [-0.39, 0.29) is 0 Å². The van der Waals surface area contributed by atoms with Crippen LogP contribution in [0.15, 0.2) is 206 Å². The number of rotatable bonds is 5. The molecule has 0 N–H and O–H groups in total. The van der Waals surface area contributed by atoms with Crippen molar-refractivity contribution in [1.29, 1.82) is 5.26 Å². The van der Waals surface area contributed by atoms with Gasteiger partial charge >= 0.3 is 0 Å². The van der Waals surface area contributed by atoms with Crippen LogP contribution in [0.4, 0.5) is 0 Å².